The summed E-state index contributed by atoms with van der Waals surface area (Å²) in [5.74, 6) is 0.456. The maximum Gasteiger partial charge on any atom is 0.207 e. The van der Waals surface area contributed by atoms with Gasteiger partial charge in [0.15, 0.2) is 0 Å². The molecule has 1 saturated heterocycles. The largest absolute Gasteiger partial charge is 0.373 e. The SMILES string of the molecule is C=C/C(C)=C/CC1OC(C)C(NC=O)CC1C. The van der Waals surface area contributed by atoms with E-state index in [4.69, 9.17) is 4.74 Å². The van der Waals surface area contributed by atoms with Crippen LogP contribution in [-0.2, 0) is 9.53 Å². The Morgan fingerprint density at radius 3 is 2.82 bits per heavy atom. The van der Waals surface area contributed by atoms with Gasteiger partial charge in [0, 0.05) is 0 Å². The number of carbonyl (C=O) groups excluding carboxylic acids is 1. The molecule has 0 spiro atoms. The van der Waals surface area contributed by atoms with E-state index >= 15 is 0 Å². The van der Waals surface area contributed by atoms with Crippen LogP contribution in [0.25, 0.3) is 0 Å². The van der Waals surface area contributed by atoms with Crippen LogP contribution >= 0.6 is 0 Å². The van der Waals surface area contributed by atoms with E-state index in [1.54, 1.807) is 0 Å². The van der Waals surface area contributed by atoms with Crippen molar-refractivity contribution in [2.45, 2.75) is 51.9 Å². The molecule has 3 nitrogen and oxygen atoms in total. The summed E-state index contributed by atoms with van der Waals surface area (Å²) in [6.07, 6.45) is 6.99. The fraction of sp³-hybridized carbons (Fsp3) is 0.643. The maximum atomic E-state index is 10.5. The molecule has 1 fully saturated rings. The number of allylic oxidation sites excluding steroid dienone is 2. The Bertz CT molecular complexity index is 299. The first-order valence-electron chi connectivity index (χ1n) is 6.22. The van der Waals surface area contributed by atoms with Crippen molar-refractivity contribution in [1.29, 1.82) is 0 Å². The standard InChI is InChI=1S/C14H23NO2/c1-5-10(2)6-7-14-11(3)8-13(15-9-16)12(4)17-14/h5-6,9,11-14H,1,7-8H2,2-4H3,(H,15,16)/b10-6+. The van der Waals surface area contributed by atoms with Crippen LogP contribution < -0.4 is 5.32 Å². The van der Waals surface area contributed by atoms with E-state index in [1.807, 2.05) is 19.9 Å². The Labute approximate surface area is 104 Å². The van der Waals surface area contributed by atoms with Crippen molar-refractivity contribution in [2.75, 3.05) is 0 Å². The number of amides is 1. The summed E-state index contributed by atoms with van der Waals surface area (Å²) in [5, 5.41) is 2.82. The number of hydrogen-bond donors (Lipinski definition) is 1. The van der Waals surface area contributed by atoms with E-state index < -0.39 is 0 Å². The molecule has 0 aromatic carbocycles. The van der Waals surface area contributed by atoms with Gasteiger partial charge in [0.1, 0.15) is 0 Å². The third-order valence-electron chi connectivity index (χ3n) is 3.49. The molecule has 4 atom stereocenters. The Kier molecular flexibility index (Phi) is 5.42. The van der Waals surface area contributed by atoms with Crippen LogP contribution in [0.3, 0.4) is 0 Å². The van der Waals surface area contributed by atoms with Crippen molar-refractivity contribution in [3.05, 3.63) is 24.3 Å². The zero-order valence-corrected chi connectivity index (χ0v) is 11.0. The summed E-state index contributed by atoms with van der Waals surface area (Å²) < 4.78 is 5.96. The molecule has 17 heavy (non-hydrogen) atoms. The highest BCUT2D eigenvalue weighted by molar-refractivity contribution is 5.46. The molecular weight excluding hydrogens is 214 g/mol. The van der Waals surface area contributed by atoms with Crippen molar-refractivity contribution >= 4 is 6.41 Å². The first-order chi connectivity index (χ1) is 8.08. The molecule has 0 saturated carbocycles. The fourth-order valence-electron chi connectivity index (χ4n) is 2.21. The Hall–Kier alpha value is -1.09. The van der Waals surface area contributed by atoms with Crippen molar-refractivity contribution in [3.63, 3.8) is 0 Å². The number of nitrogens with one attached hydrogen (secondary N) is 1. The van der Waals surface area contributed by atoms with Crippen LogP contribution in [0.5, 0.6) is 0 Å². The summed E-state index contributed by atoms with van der Waals surface area (Å²) in [6.45, 7) is 9.97. The highest BCUT2D eigenvalue weighted by atomic mass is 16.5. The Morgan fingerprint density at radius 2 is 2.24 bits per heavy atom. The summed E-state index contributed by atoms with van der Waals surface area (Å²) in [4.78, 5) is 10.5. The molecule has 0 bridgehead atoms. The van der Waals surface area contributed by atoms with Crippen LogP contribution in [0.1, 0.15) is 33.6 Å². The van der Waals surface area contributed by atoms with Gasteiger partial charge < -0.3 is 10.1 Å². The highest BCUT2D eigenvalue weighted by Crippen LogP contribution is 2.27. The van der Waals surface area contributed by atoms with Gasteiger partial charge in [-0.05, 0) is 32.6 Å². The van der Waals surface area contributed by atoms with Crippen LogP contribution in [0.4, 0.5) is 0 Å². The predicted molar refractivity (Wildman–Crippen MR) is 69.7 cm³/mol. The summed E-state index contributed by atoms with van der Waals surface area (Å²) in [6, 6.07) is 0.142. The average molecular weight is 237 g/mol. The molecular formula is C14H23NO2. The Balaban J connectivity index is 2.54. The van der Waals surface area contributed by atoms with Gasteiger partial charge in [-0.3, -0.25) is 4.79 Å². The van der Waals surface area contributed by atoms with Gasteiger partial charge in [-0.15, -0.1) is 0 Å². The van der Waals surface area contributed by atoms with Gasteiger partial charge in [0.2, 0.25) is 6.41 Å². The minimum atomic E-state index is 0.0823. The van der Waals surface area contributed by atoms with Crippen LogP contribution in [0, 0.1) is 5.92 Å². The molecule has 1 aliphatic heterocycles. The molecule has 4 unspecified atom stereocenters. The van der Waals surface area contributed by atoms with Gasteiger partial charge in [-0.1, -0.05) is 31.2 Å². The van der Waals surface area contributed by atoms with Crippen LogP contribution in [-0.4, -0.2) is 24.7 Å². The first-order valence-corrected chi connectivity index (χ1v) is 6.22. The molecule has 0 aliphatic carbocycles. The lowest BCUT2D eigenvalue weighted by Gasteiger charge is -2.38. The minimum Gasteiger partial charge on any atom is -0.373 e. The molecule has 1 amide bonds. The van der Waals surface area contributed by atoms with Crippen molar-refractivity contribution in [3.8, 4) is 0 Å². The van der Waals surface area contributed by atoms with Crippen molar-refractivity contribution in [2.24, 2.45) is 5.92 Å². The summed E-state index contributed by atoms with van der Waals surface area (Å²) >= 11 is 0. The van der Waals surface area contributed by atoms with E-state index in [-0.39, 0.29) is 18.2 Å². The Morgan fingerprint density at radius 1 is 1.53 bits per heavy atom. The van der Waals surface area contributed by atoms with E-state index in [0.29, 0.717) is 5.92 Å². The number of carbonyl (C=O) groups is 1. The zero-order chi connectivity index (χ0) is 12.8. The normalized spacial score (nSPS) is 34.2. The third-order valence-corrected chi connectivity index (χ3v) is 3.49. The quantitative estimate of drug-likeness (QED) is 0.589. The first kappa shape index (κ1) is 14.0. The lowest BCUT2D eigenvalue weighted by Crippen LogP contribution is -2.48. The molecule has 1 rings (SSSR count). The molecule has 0 aromatic heterocycles. The average Bonchev–Trinajstić information content (AvgIpc) is 2.31. The summed E-state index contributed by atoms with van der Waals surface area (Å²) in [5.41, 5.74) is 1.18. The molecule has 96 valence electrons. The van der Waals surface area contributed by atoms with Gasteiger partial charge >= 0.3 is 0 Å². The van der Waals surface area contributed by atoms with Crippen LogP contribution in [0.2, 0.25) is 0 Å². The van der Waals surface area contributed by atoms with E-state index in [1.165, 1.54) is 5.57 Å². The number of ether oxygens (including phenoxy) is 1. The molecule has 0 radical (unpaired) electrons. The van der Waals surface area contributed by atoms with Crippen LogP contribution in [0.15, 0.2) is 24.3 Å². The number of rotatable bonds is 5. The van der Waals surface area contributed by atoms with Gasteiger partial charge in [0.25, 0.3) is 0 Å². The second-order valence-electron chi connectivity index (χ2n) is 4.87. The van der Waals surface area contributed by atoms with E-state index in [0.717, 1.165) is 19.3 Å². The lowest BCUT2D eigenvalue weighted by atomic mass is 9.88. The van der Waals surface area contributed by atoms with Gasteiger partial charge in [0.05, 0.1) is 18.2 Å². The maximum absolute atomic E-state index is 10.5. The fourth-order valence-corrected chi connectivity index (χ4v) is 2.21. The topological polar surface area (TPSA) is 38.3 Å². The number of hydrogen-bond acceptors (Lipinski definition) is 2. The van der Waals surface area contributed by atoms with Gasteiger partial charge in [-0.2, -0.15) is 0 Å². The highest BCUT2D eigenvalue weighted by Gasteiger charge is 2.32. The molecule has 1 N–H and O–H groups in total. The molecule has 1 heterocycles. The van der Waals surface area contributed by atoms with E-state index in [2.05, 4.69) is 24.9 Å². The predicted octanol–water partition coefficient (Wildman–Crippen LogP) is 2.44. The second kappa shape index (κ2) is 6.60. The second-order valence-corrected chi connectivity index (χ2v) is 4.87. The summed E-state index contributed by atoms with van der Waals surface area (Å²) in [7, 11) is 0. The van der Waals surface area contributed by atoms with Crippen molar-refractivity contribution in [1.82, 2.24) is 5.32 Å². The third kappa shape index (κ3) is 4.00. The molecule has 0 aromatic rings. The van der Waals surface area contributed by atoms with E-state index in [9.17, 15) is 4.79 Å². The van der Waals surface area contributed by atoms with Gasteiger partial charge in [-0.25, -0.2) is 0 Å². The molecule has 3 heteroatoms. The minimum absolute atomic E-state index is 0.0823. The lowest BCUT2D eigenvalue weighted by molar-refractivity contribution is -0.117. The zero-order valence-electron chi connectivity index (χ0n) is 11.0. The van der Waals surface area contributed by atoms with Crippen molar-refractivity contribution < 1.29 is 9.53 Å². The smallest absolute Gasteiger partial charge is 0.207 e. The molecule has 1 aliphatic rings. The monoisotopic (exact) mass is 237 g/mol.